The summed E-state index contributed by atoms with van der Waals surface area (Å²) in [7, 11) is 0. The molecule has 0 aliphatic carbocycles. The van der Waals surface area contributed by atoms with Crippen molar-refractivity contribution in [2.75, 3.05) is 13.1 Å². The van der Waals surface area contributed by atoms with Crippen molar-refractivity contribution < 1.29 is 0 Å². The van der Waals surface area contributed by atoms with Gasteiger partial charge < -0.3 is 5.32 Å². The molecule has 2 atom stereocenters. The van der Waals surface area contributed by atoms with Crippen molar-refractivity contribution in [3.8, 4) is 0 Å². The van der Waals surface area contributed by atoms with Gasteiger partial charge in [0.25, 0.3) is 0 Å². The fourth-order valence-corrected chi connectivity index (χ4v) is 2.27. The maximum absolute atomic E-state index is 3.47. The molecular weight excluding hydrogens is 158 g/mol. The molecule has 0 aromatic heterocycles. The van der Waals surface area contributed by atoms with Crippen LogP contribution < -0.4 is 5.32 Å². The van der Waals surface area contributed by atoms with Crippen molar-refractivity contribution in [2.24, 2.45) is 17.8 Å². The van der Waals surface area contributed by atoms with Gasteiger partial charge in [-0.1, -0.05) is 41.0 Å². The van der Waals surface area contributed by atoms with Gasteiger partial charge in [-0.2, -0.15) is 0 Å². The van der Waals surface area contributed by atoms with Crippen LogP contribution in [-0.2, 0) is 0 Å². The highest BCUT2D eigenvalue weighted by molar-refractivity contribution is 4.78. The van der Waals surface area contributed by atoms with Gasteiger partial charge in [-0.25, -0.2) is 0 Å². The zero-order valence-electron chi connectivity index (χ0n) is 10.1. The molecule has 1 heterocycles. The van der Waals surface area contributed by atoms with E-state index in [9.17, 15) is 0 Å². The lowest BCUT2D eigenvalue weighted by Gasteiger charge is -2.34. The van der Waals surface area contributed by atoms with E-state index in [0.717, 1.165) is 17.8 Å². The van der Waals surface area contributed by atoms with Crippen molar-refractivity contribution in [1.82, 2.24) is 5.32 Å². The molecule has 1 heteroatoms. The summed E-state index contributed by atoms with van der Waals surface area (Å²) >= 11 is 0. The van der Waals surface area contributed by atoms with E-state index in [4.69, 9.17) is 0 Å². The van der Waals surface area contributed by atoms with Gasteiger partial charge >= 0.3 is 0 Å². The minimum Gasteiger partial charge on any atom is -0.316 e. The number of nitrogens with one attached hydrogen (secondary N) is 1. The predicted molar refractivity (Wildman–Crippen MR) is 60.9 cm³/mol. The Morgan fingerprint density at radius 1 is 1.31 bits per heavy atom. The minimum atomic E-state index is 0.877. The van der Waals surface area contributed by atoms with Gasteiger partial charge in [0.05, 0.1) is 0 Å². The second-order valence-corrected chi connectivity index (χ2v) is 4.07. The molecule has 1 aliphatic heterocycles. The molecule has 1 aliphatic rings. The van der Waals surface area contributed by atoms with E-state index in [-0.39, 0.29) is 0 Å². The maximum Gasteiger partial charge on any atom is -0.00179 e. The summed E-state index contributed by atoms with van der Waals surface area (Å²) in [6.45, 7) is 13.5. The molecule has 13 heavy (non-hydrogen) atoms. The largest absolute Gasteiger partial charge is 0.316 e. The minimum absolute atomic E-state index is 0.877. The standard InChI is InChI=1S/C10H21N.C2H6/c1-4-9-7-11-6-5-10(9)8(2)3;1-2/h8-11H,4-7H2,1-3H3;1-2H3. The molecule has 2 unspecified atom stereocenters. The monoisotopic (exact) mass is 185 g/mol. The van der Waals surface area contributed by atoms with E-state index < -0.39 is 0 Å². The Bertz CT molecular complexity index is 110. The quantitative estimate of drug-likeness (QED) is 0.696. The van der Waals surface area contributed by atoms with Gasteiger partial charge in [-0.15, -0.1) is 0 Å². The van der Waals surface area contributed by atoms with Crippen LogP contribution in [0.4, 0.5) is 0 Å². The first-order valence-corrected chi connectivity index (χ1v) is 5.96. The summed E-state index contributed by atoms with van der Waals surface area (Å²) < 4.78 is 0. The molecule has 0 bridgehead atoms. The zero-order chi connectivity index (χ0) is 10.3. The fourth-order valence-electron chi connectivity index (χ4n) is 2.27. The lowest BCUT2D eigenvalue weighted by atomic mass is 9.78. The average Bonchev–Trinajstić information content (AvgIpc) is 2.20. The fraction of sp³-hybridized carbons (Fsp3) is 1.00. The van der Waals surface area contributed by atoms with Gasteiger partial charge in [0.15, 0.2) is 0 Å². The van der Waals surface area contributed by atoms with Crippen LogP contribution in [0, 0.1) is 17.8 Å². The predicted octanol–water partition coefficient (Wildman–Crippen LogP) is 3.30. The molecular formula is C12H27N. The summed E-state index contributed by atoms with van der Waals surface area (Å²) in [4.78, 5) is 0. The number of rotatable bonds is 2. The highest BCUT2D eigenvalue weighted by Gasteiger charge is 2.25. The lowest BCUT2D eigenvalue weighted by molar-refractivity contribution is 0.190. The summed E-state index contributed by atoms with van der Waals surface area (Å²) in [5.41, 5.74) is 0. The second-order valence-electron chi connectivity index (χ2n) is 4.07. The Labute approximate surface area is 84.3 Å². The maximum atomic E-state index is 3.47. The third-order valence-electron chi connectivity index (χ3n) is 3.05. The van der Waals surface area contributed by atoms with Gasteiger partial charge in [-0.05, 0) is 37.3 Å². The van der Waals surface area contributed by atoms with Crippen LogP contribution in [0.5, 0.6) is 0 Å². The molecule has 0 spiro atoms. The SMILES string of the molecule is CC.CCC1CNCCC1C(C)C. The van der Waals surface area contributed by atoms with E-state index in [2.05, 4.69) is 26.1 Å². The first-order chi connectivity index (χ1) is 6.25. The third kappa shape index (κ3) is 4.12. The Morgan fingerprint density at radius 2 is 1.92 bits per heavy atom. The molecule has 0 aromatic rings. The highest BCUT2D eigenvalue weighted by Crippen LogP contribution is 2.28. The van der Waals surface area contributed by atoms with E-state index in [1.807, 2.05) is 13.8 Å². The van der Waals surface area contributed by atoms with Crippen LogP contribution in [0.2, 0.25) is 0 Å². The van der Waals surface area contributed by atoms with Gasteiger partial charge in [0.2, 0.25) is 0 Å². The van der Waals surface area contributed by atoms with Crippen molar-refractivity contribution >= 4 is 0 Å². The normalized spacial score (nSPS) is 28.2. The third-order valence-corrected chi connectivity index (χ3v) is 3.05. The number of hydrogen-bond acceptors (Lipinski definition) is 1. The van der Waals surface area contributed by atoms with Crippen LogP contribution >= 0.6 is 0 Å². The van der Waals surface area contributed by atoms with E-state index in [0.29, 0.717) is 0 Å². The smallest absolute Gasteiger partial charge is 0.00179 e. The summed E-state index contributed by atoms with van der Waals surface area (Å²) in [5, 5.41) is 3.47. The van der Waals surface area contributed by atoms with Crippen LogP contribution in [0.3, 0.4) is 0 Å². The van der Waals surface area contributed by atoms with Crippen molar-refractivity contribution in [1.29, 1.82) is 0 Å². The van der Waals surface area contributed by atoms with Crippen molar-refractivity contribution in [3.05, 3.63) is 0 Å². The molecule has 1 N–H and O–H groups in total. The molecule has 1 nitrogen and oxygen atoms in total. The zero-order valence-corrected chi connectivity index (χ0v) is 10.1. The Kier molecular flexibility index (Phi) is 7.35. The highest BCUT2D eigenvalue weighted by atomic mass is 14.9. The van der Waals surface area contributed by atoms with Crippen LogP contribution in [0.15, 0.2) is 0 Å². The van der Waals surface area contributed by atoms with E-state index >= 15 is 0 Å². The lowest BCUT2D eigenvalue weighted by Crippen LogP contribution is -2.38. The van der Waals surface area contributed by atoms with Crippen molar-refractivity contribution in [2.45, 2.75) is 47.5 Å². The average molecular weight is 185 g/mol. The molecule has 1 saturated heterocycles. The van der Waals surface area contributed by atoms with E-state index in [1.165, 1.54) is 25.9 Å². The number of hydrogen-bond donors (Lipinski definition) is 1. The second kappa shape index (κ2) is 7.37. The first-order valence-electron chi connectivity index (χ1n) is 5.96. The number of piperidine rings is 1. The summed E-state index contributed by atoms with van der Waals surface area (Å²) in [6.07, 6.45) is 2.73. The van der Waals surface area contributed by atoms with Crippen LogP contribution in [-0.4, -0.2) is 13.1 Å². The van der Waals surface area contributed by atoms with Gasteiger partial charge in [0, 0.05) is 0 Å². The van der Waals surface area contributed by atoms with Crippen LogP contribution in [0.25, 0.3) is 0 Å². The molecule has 1 fully saturated rings. The molecule has 0 aromatic carbocycles. The van der Waals surface area contributed by atoms with Gasteiger partial charge in [0.1, 0.15) is 0 Å². The summed E-state index contributed by atoms with van der Waals surface area (Å²) in [6, 6.07) is 0. The van der Waals surface area contributed by atoms with Crippen molar-refractivity contribution in [3.63, 3.8) is 0 Å². The Morgan fingerprint density at radius 3 is 2.31 bits per heavy atom. The Hall–Kier alpha value is -0.0400. The molecule has 1 rings (SSSR count). The molecule has 80 valence electrons. The Balaban J connectivity index is 0.000000671. The topological polar surface area (TPSA) is 12.0 Å². The first kappa shape index (κ1) is 13.0. The molecule has 0 radical (unpaired) electrons. The van der Waals surface area contributed by atoms with Gasteiger partial charge in [-0.3, -0.25) is 0 Å². The van der Waals surface area contributed by atoms with Crippen LogP contribution in [0.1, 0.15) is 47.5 Å². The molecule has 0 amide bonds. The summed E-state index contributed by atoms with van der Waals surface area (Å²) in [5.74, 6) is 2.78. The van der Waals surface area contributed by atoms with E-state index in [1.54, 1.807) is 0 Å². The molecule has 0 saturated carbocycles.